The van der Waals surface area contributed by atoms with E-state index in [1.807, 2.05) is 25.3 Å². The summed E-state index contributed by atoms with van der Waals surface area (Å²) in [5.41, 5.74) is 2.62. The Morgan fingerprint density at radius 1 is 1.44 bits per heavy atom. The second-order valence-corrected chi connectivity index (χ2v) is 4.62. The molecule has 0 aliphatic heterocycles. The average molecular weight is 232 g/mol. The van der Waals surface area contributed by atoms with Gasteiger partial charge in [0.1, 0.15) is 5.01 Å². The fourth-order valence-corrected chi connectivity index (χ4v) is 2.24. The van der Waals surface area contributed by atoms with Gasteiger partial charge in [-0.05, 0) is 25.5 Å². The molecule has 0 atom stereocenters. The standard InChI is InChI=1S/C12H12N2OS/c1-8-3-4-13-6-10(8)11(15)5-12-14-9(2)7-16-12/h3-4,6-7H,5H2,1-2H3. The molecule has 0 radical (unpaired) electrons. The van der Waals surface area contributed by atoms with Gasteiger partial charge in [0.2, 0.25) is 0 Å². The van der Waals surface area contributed by atoms with Crippen LogP contribution in [-0.2, 0) is 6.42 Å². The molecule has 2 heterocycles. The third-order valence-electron chi connectivity index (χ3n) is 2.32. The number of carbonyl (C=O) groups excluding carboxylic acids is 1. The molecule has 82 valence electrons. The molecule has 0 bridgehead atoms. The van der Waals surface area contributed by atoms with Crippen LogP contribution in [0.2, 0.25) is 0 Å². The summed E-state index contributed by atoms with van der Waals surface area (Å²) in [5.74, 6) is 0.0833. The van der Waals surface area contributed by atoms with Crippen molar-refractivity contribution >= 4 is 17.1 Å². The molecular weight excluding hydrogens is 220 g/mol. The highest BCUT2D eigenvalue weighted by Gasteiger charge is 2.11. The molecule has 0 spiro atoms. The molecule has 2 aromatic heterocycles. The molecule has 2 rings (SSSR count). The highest BCUT2D eigenvalue weighted by Crippen LogP contribution is 2.14. The van der Waals surface area contributed by atoms with Crippen LogP contribution in [0, 0.1) is 13.8 Å². The van der Waals surface area contributed by atoms with E-state index in [1.54, 1.807) is 12.4 Å². The van der Waals surface area contributed by atoms with Crippen molar-refractivity contribution in [3.05, 3.63) is 45.7 Å². The first kappa shape index (κ1) is 11.0. The monoisotopic (exact) mass is 232 g/mol. The van der Waals surface area contributed by atoms with Crippen molar-refractivity contribution < 1.29 is 4.79 Å². The van der Waals surface area contributed by atoms with Gasteiger partial charge in [0, 0.05) is 29.0 Å². The third-order valence-corrected chi connectivity index (χ3v) is 3.28. The molecule has 2 aromatic rings. The summed E-state index contributed by atoms with van der Waals surface area (Å²) in [6.07, 6.45) is 3.68. The van der Waals surface area contributed by atoms with Gasteiger partial charge in [-0.1, -0.05) is 0 Å². The van der Waals surface area contributed by atoms with Gasteiger partial charge in [0.05, 0.1) is 6.42 Å². The first-order chi connectivity index (χ1) is 7.66. The predicted octanol–water partition coefficient (Wildman–Crippen LogP) is 2.58. The Balaban J connectivity index is 2.18. The molecule has 0 unspecified atom stereocenters. The lowest BCUT2D eigenvalue weighted by atomic mass is 10.1. The molecule has 3 nitrogen and oxygen atoms in total. The van der Waals surface area contributed by atoms with Crippen LogP contribution >= 0.6 is 11.3 Å². The van der Waals surface area contributed by atoms with E-state index < -0.39 is 0 Å². The molecule has 16 heavy (non-hydrogen) atoms. The van der Waals surface area contributed by atoms with E-state index in [9.17, 15) is 4.79 Å². The van der Waals surface area contributed by atoms with Crippen molar-refractivity contribution in [2.75, 3.05) is 0 Å². The summed E-state index contributed by atoms with van der Waals surface area (Å²) in [6.45, 7) is 3.85. The Labute approximate surface area is 98.2 Å². The number of rotatable bonds is 3. The zero-order valence-corrected chi connectivity index (χ0v) is 10.0. The second-order valence-electron chi connectivity index (χ2n) is 3.67. The minimum atomic E-state index is 0.0833. The van der Waals surface area contributed by atoms with Crippen molar-refractivity contribution in [2.45, 2.75) is 20.3 Å². The Morgan fingerprint density at radius 3 is 2.88 bits per heavy atom. The van der Waals surface area contributed by atoms with Crippen molar-refractivity contribution in [3.8, 4) is 0 Å². The number of aromatic nitrogens is 2. The fraction of sp³-hybridized carbons (Fsp3) is 0.250. The summed E-state index contributed by atoms with van der Waals surface area (Å²) in [6, 6.07) is 1.85. The minimum Gasteiger partial charge on any atom is -0.294 e. The van der Waals surface area contributed by atoms with Crippen LogP contribution in [0.5, 0.6) is 0 Å². The molecule has 0 amide bonds. The zero-order chi connectivity index (χ0) is 11.5. The average Bonchev–Trinajstić information content (AvgIpc) is 2.64. The third kappa shape index (κ3) is 2.33. The molecular formula is C12H12N2OS. The van der Waals surface area contributed by atoms with E-state index in [0.717, 1.165) is 16.3 Å². The van der Waals surface area contributed by atoms with Crippen molar-refractivity contribution in [1.82, 2.24) is 9.97 Å². The zero-order valence-electron chi connectivity index (χ0n) is 9.23. The minimum absolute atomic E-state index is 0.0833. The van der Waals surface area contributed by atoms with Crippen LogP contribution in [0.3, 0.4) is 0 Å². The van der Waals surface area contributed by atoms with Gasteiger partial charge in [0.25, 0.3) is 0 Å². The van der Waals surface area contributed by atoms with E-state index in [1.165, 1.54) is 11.3 Å². The van der Waals surface area contributed by atoms with E-state index in [-0.39, 0.29) is 5.78 Å². The maximum atomic E-state index is 12.0. The maximum Gasteiger partial charge on any atom is 0.171 e. The number of pyridine rings is 1. The molecule has 0 N–H and O–H groups in total. The smallest absolute Gasteiger partial charge is 0.171 e. The first-order valence-corrected chi connectivity index (χ1v) is 5.89. The van der Waals surface area contributed by atoms with Crippen LogP contribution in [0.25, 0.3) is 0 Å². The van der Waals surface area contributed by atoms with Gasteiger partial charge < -0.3 is 0 Å². The van der Waals surface area contributed by atoms with E-state index in [0.29, 0.717) is 12.0 Å². The van der Waals surface area contributed by atoms with Gasteiger partial charge >= 0.3 is 0 Å². The highest BCUT2D eigenvalue weighted by molar-refractivity contribution is 7.09. The normalized spacial score (nSPS) is 10.4. The first-order valence-electron chi connectivity index (χ1n) is 5.01. The van der Waals surface area contributed by atoms with Crippen molar-refractivity contribution in [1.29, 1.82) is 0 Å². The highest BCUT2D eigenvalue weighted by atomic mass is 32.1. The van der Waals surface area contributed by atoms with Crippen LogP contribution in [0.1, 0.15) is 26.6 Å². The van der Waals surface area contributed by atoms with Crippen LogP contribution in [0.15, 0.2) is 23.8 Å². The Morgan fingerprint density at radius 2 is 2.25 bits per heavy atom. The molecule has 0 aliphatic carbocycles. The Kier molecular flexibility index (Phi) is 3.10. The van der Waals surface area contributed by atoms with E-state index in [2.05, 4.69) is 9.97 Å². The van der Waals surface area contributed by atoms with Crippen molar-refractivity contribution in [2.24, 2.45) is 0 Å². The molecule has 0 aromatic carbocycles. The lowest BCUT2D eigenvalue weighted by Gasteiger charge is -2.01. The summed E-state index contributed by atoms with van der Waals surface area (Å²) in [4.78, 5) is 20.2. The van der Waals surface area contributed by atoms with Crippen molar-refractivity contribution in [3.63, 3.8) is 0 Å². The number of nitrogens with zero attached hydrogens (tertiary/aromatic N) is 2. The lowest BCUT2D eigenvalue weighted by Crippen LogP contribution is -2.05. The van der Waals surface area contributed by atoms with Crippen LogP contribution < -0.4 is 0 Å². The number of hydrogen-bond donors (Lipinski definition) is 0. The maximum absolute atomic E-state index is 12.0. The van der Waals surface area contributed by atoms with Gasteiger partial charge in [-0.25, -0.2) is 4.98 Å². The van der Waals surface area contributed by atoms with E-state index in [4.69, 9.17) is 0 Å². The molecule has 4 heteroatoms. The molecule has 0 fully saturated rings. The number of Topliss-reactive ketones (excluding diaryl/α,β-unsaturated/α-hetero) is 1. The topological polar surface area (TPSA) is 42.9 Å². The van der Waals surface area contributed by atoms with Crippen LogP contribution in [-0.4, -0.2) is 15.8 Å². The number of ketones is 1. The summed E-state index contributed by atoms with van der Waals surface area (Å²) in [5, 5.41) is 2.82. The number of aryl methyl sites for hydroxylation is 2. The Bertz CT molecular complexity index is 519. The SMILES string of the molecule is Cc1csc(CC(=O)c2cnccc2C)n1. The molecule has 0 saturated carbocycles. The Hall–Kier alpha value is -1.55. The van der Waals surface area contributed by atoms with Gasteiger partial charge in [-0.15, -0.1) is 11.3 Å². The number of carbonyl (C=O) groups is 1. The van der Waals surface area contributed by atoms with Gasteiger partial charge in [-0.2, -0.15) is 0 Å². The quantitative estimate of drug-likeness (QED) is 0.764. The lowest BCUT2D eigenvalue weighted by molar-refractivity contribution is 0.0992. The second kappa shape index (κ2) is 4.53. The summed E-state index contributed by atoms with van der Waals surface area (Å²) >= 11 is 1.53. The van der Waals surface area contributed by atoms with Gasteiger partial charge in [0.15, 0.2) is 5.78 Å². The predicted molar refractivity (Wildman–Crippen MR) is 63.9 cm³/mol. The largest absolute Gasteiger partial charge is 0.294 e. The number of thiazole rings is 1. The molecule has 0 saturated heterocycles. The van der Waals surface area contributed by atoms with Gasteiger partial charge in [-0.3, -0.25) is 9.78 Å². The summed E-state index contributed by atoms with van der Waals surface area (Å²) < 4.78 is 0. The summed E-state index contributed by atoms with van der Waals surface area (Å²) in [7, 11) is 0. The number of hydrogen-bond acceptors (Lipinski definition) is 4. The van der Waals surface area contributed by atoms with E-state index >= 15 is 0 Å². The van der Waals surface area contributed by atoms with Crippen LogP contribution in [0.4, 0.5) is 0 Å². The fourth-order valence-electron chi connectivity index (χ4n) is 1.47. The molecule has 0 aliphatic rings.